The maximum atomic E-state index is 12.1. The van der Waals surface area contributed by atoms with Crippen LogP contribution in [0.15, 0.2) is 11.1 Å². The molecule has 1 saturated heterocycles. The third-order valence-corrected chi connectivity index (χ3v) is 9.51. The van der Waals surface area contributed by atoms with Gasteiger partial charge in [-0.15, -0.1) is 0 Å². The Morgan fingerprint density at radius 1 is 1.21 bits per heavy atom. The SMILES string of the molecule is CNNc1nc2c(ncn2C2OC(COP(=O)(O)OP(=O)(O)CP(=O)(O)O)C(O)C2O)c(=O)[nH]1. The monoisotopic (exact) mass is 550 g/mol. The van der Waals surface area contributed by atoms with Crippen molar-refractivity contribution in [1.82, 2.24) is 24.9 Å². The summed E-state index contributed by atoms with van der Waals surface area (Å²) in [5.74, 6) is -1.74. The Bertz CT molecular complexity index is 1240. The van der Waals surface area contributed by atoms with Crippen LogP contribution in [0.4, 0.5) is 5.95 Å². The second-order valence-electron chi connectivity index (χ2n) is 6.95. The van der Waals surface area contributed by atoms with Crippen LogP contribution in [0, 0.1) is 0 Å². The molecule has 6 unspecified atom stereocenters. The van der Waals surface area contributed by atoms with E-state index < -0.39 is 65.6 Å². The molecule has 0 amide bonds. The van der Waals surface area contributed by atoms with Gasteiger partial charge in [-0.3, -0.25) is 33.4 Å². The number of hydrogen-bond acceptors (Lipinski definition) is 13. The number of rotatable bonds is 10. The van der Waals surface area contributed by atoms with Crippen LogP contribution in [0.3, 0.4) is 0 Å². The van der Waals surface area contributed by atoms with Crippen molar-refractivity contribution < 1.29 is 57.1 Å². The summed E-state index contributed by atoms with van der Waals surface area (Å²) in [6, 6.07) is 0. The molecule has 192 valence electrons. The average molecular weight is 550 g/mol. The normalized spacial score (nSPS) is 26.9. The minimum Gasteiger partial charge on any atom is -0.387 e. The van der Waals surface area contributed by atoms with Crippen LogP contribution < -0.4 is 16.4 Å². The summed E-state index contributed by atoms with van der Waals surface area (Å²) >= 11 is 0. The van der Waals surface area contributed by atoms with Gasteiger partial charge in [0.15, 0.2) is 23.3 Å². The lowest BCUT2D eigenvalue weighted by Crippen LogP contribution is -2.33. The number of aromatic amines is 1. The van der Waals surface area contributed by atoms with Gasteiger partial charge in [0.25, 0.3) is 5.56 Å². The first-order chi connectivity index (χ1) is 15.6. The van der Waals surface area contributed by atoms with Crippen LogP contribution in [0.25, 0.3) is 11.2 Å². The molecule has 0 saturated carbocycles. The highest BCUT2D eigenvalue weighted by atomic mass is 31.3. The molecular weight excluding hydrogens is 529 g/mol. The van der Waals surface area contributed by atoms with Gasteiger partial charge in [-0.2, -0.15) is 4.98 Å². The summed E-state index contributed by atoms with van der Waals surface area (Å²) in [5.41, 5.74) is 4.30. The molecule has 0 bridgehead atoms. The molecule has 3 rings (SSSR count). The Kier molecular flexibility index (Phi) is 7.82. The summed E-state index contributed by atoms with van der Waals surface area (Å²) in [7, 11) is -14.2. The molecule has 0 aromatic carbocycles. The standard InChI is InChI=1S/C12H21N6O13P3/c1-13-17-12-15-9-6(10(21)16-12)14-3-18(9)11-8(20)7(19)5(30-11)2-29-34(27,28)31-33(25,26)4-32(22,23)24/h3,5,7-8,11,13,19-20H,2,4H2,1H3,(H,25,26)(H,27,28)(H2,22,23,24)(H2,15,16,17,21). The minimum absolute atomic E-state index is 0.00299. The number of hydrogen-bond donors (Lipinski definition) is 9. The summed E-state index contributed by atoms with van der Waals surface area (Å²) in [6.07, 6.45) is -5.15. The largest absolute Gasteiger partial charge is 0.479 e. The van der Waals surface area contributed by atoms with Crippen molar-refractivity contribution >= 4 is 40.1 Å². The molecule has 2 aromatic rings. The van der Waals surface area contributed by atoms with Crippen LogP contribution >= 0.6 is 23.0 Å². The second kappa shape index (κ2) is 9.83. The van der Waals surface area contributed by atoms with Gasteiger partial charge in [0.1, 0.15) is 18.3 Å². The molecular formula is C12H21N6O13P3. The Balaban J connectivity index is 1.74. The molecule has 22 heteroatoms. The maximum Gasteiger partial charge on any atom is 0.479 e. The van der Waals surface area contributed by atoms with E-state index in [0.29, 0.717) is 0 Å². The number of nitrogens with one attached hydrogen (secondary N) is 3. The van der Waals surface area contributed by atoms with Gasteiger partial charge in [-0.1, -0.05) is 0 Å². The van der Waals surface area contributed by atoms with Crippen LogP contribution in [-0.4, -0.2) is 87.2 Å². The average Bonchev–Trinajstić information content (AvgIpc) is 3.20. The van der Waals surface area contributed by atoms with Gasteiger partial charge in [-0.05, 0) is 0 Å². The lowest BCUT2D eigenvalue weighted by atomic mass is 10.1. The summed E-state index contributed by atoms with van der Waals surface area (Å²) in [6.45, 7) is -0.953. The minimum atomic E-state index is -5.36. The number of aliphatic hydroxyl groups excluding tert-OH is 2. The van der Waals surface area contributed by atoms with Crippen molar-refractivity contribution in [2.24, 2.45) is 0 Å². The molecule has 0 radical (unpaired) electrons. The number of aromatic nitrogens is 4. The lowest BCUT2D eigenvalue weighted by molar-refractivity contribution is -0.0501. The number of H-pyrrole nitrogens is 1. The zero-order valence-electron chi connectivity index (χ0n) is 17.0. The number of hydrazine groups is 1. The number of imidazole rings is 1. The Hall–Kier alpha value is -1.56. The van der Waals surface area contributed by atoms with Gasteiger partial charge >= 0.3 is 23.0 Å². The highest BCUT2D eigenvalue weighted by Gasteiger charge is 2.46. The van der Waals surface area contributed by atoms with Gasteiger partial charge < -0.3 is 34.5 Å². The van der Waals surface area contributed by atoms with Crippen molar-refractivity contribution in [3.63, 3.8) is 0 Å². The Morgan fingerprint density at radius 2 is 1.88 bits per heavy atom. The number of fused-ring (bicyclic) bond motifs is 1. The molecule has 1 fully saturated rings. The van der Waals surface area contributed by atoms with E-state index in [1.54, 1.807) is 0 Å². The topological polar surface area (TPSA) is 288 Å². The van der Waals surface area contributed by atoms with Gasteiger partial charge in [0, 0.05) is 7.05 Å². The molecule has 2 aromatic heterocycles. The number of aliphatic hydroxyl groups is 2. The highest BCUT2D eigenvalue weighted by molar-refractivity contribution is 7.73. The third kappa shape index (κ3) is 6.35. The molecule has 3 heterocycles. The van der Waals surface area contributed by atoms with Crippen molar-refractivity contribution in [2.45, 2.75) is 24.5 Å². The van der Waals surface area contributed by atoms with Crippen molar-refractivity contribution in [1.29, 1.82) is 0 Å². The maximum absolute atomic E-state index is 12.1. The molecule has 0 spiro atoms. The molecule has 19 nitrogen and oxygen atoms in total. The van der Waals surface area contributed by atoms with Gasteiger partial charge in [0.05, 0.1) is 12.9 Å². The smallest absolute Gasteiger partial charge is 0.387 e. The van der Waals surface area contributed by atoms with Crippen LogP contribution in [-0.2, 0) is 27.3 Å². The van der Waals surface area contributed by atoms with Crippen molar-refractivity contribution in [3.05, 3.63) is 16.7 Å². The van der Waals surface area contributed by atoms with E-state index in [9.17, 15) is 38.5 Å². The Morgan fingerprint density at radius 3 is 2.50 bits per heavy atom. The predicted octanol–water partition coefficient (Wildman–Crippen LogP) is -2.26. The highest BCUT2D eigenvalue weighted by Crippen LogP contribution is 2.65. The number of nitrogens with zero attached hydrogens (tertiary/aromatic N) is 3. The van der Waals surface area contributed by atoms with E-state index in [4.69, 9.17) is 14.5 Å². The summed E-state index contributed by atoms with van der Waals surface area (Å²) < 4.78 is 49.5. The van der Waals surface area contributed by atoms with E-state index in [1.165, 1.54) is 7.05 Å². The fourth-order valence-electron chi connectivity index (χ4n) is 3.00. The van der Waals surface area contributed by atoms with Crippen LogP contribution in [0.5, 0.6) is 0 Å². The van der Waals surface area contributed by atoms with Gasteiger partial charge in [-0.25, -0.2) is 19.3 Å². The van der Waals surface area contributed by atoms with E-state index in [-0.39, 0.29) is 17.1 Å². The molecule has 9 N–H and O–H groups in total. The van der Waals surface area contributed by atoms with E-state index in [1.807, 2.05) is 0 Å². The Labute approximate surface area is 189 Å². The van der Waals surface area contributed by atoms with Crippen LogP contribution in [0.1, 0.15) is 6.23 Å². The van der Waals surface area contributed by atoms with E-state index >= 15 is 0 Å². The number of ether oxygens (including phenoxy) is 1. The number of phosphoric ester groups is 1. The quantitative estimate of drug-likeness (QED) is 0.111. The fraction of sp³-hybridized carbons (Fsp3) is 0.583. The van der Waals surface area contributed by atoms with Gasteiger partial charge in [0.2, 0.25) is 5.95 Å². The molecule has 6 atom stereocenters. The fourth-order valence-corrected chi connectivity index (χ4v) is 7.35. The zero-order valence-corrected chi connectivity index (χ0v) is 19.7. The second-order valence-corrected chi connectivity index (χ2v) is 12.5. The summed E-state index contributed by atoms with van der Waals surface area (Å²) in [5, 5.41) is 20.6. The lowest BCUT2D eigenvalue weighted by Gasteiger charge is -2.19. The third-order valence-electron chi connectivity index (χ3n) is 4.28. The molecule has 0 aliphatic carbocycles. The summed E-state index contributed by atoms with van der Waals surface area (Å²) in [4.78, 5) is 59.0. The van der Waals surface area contributed by atoms with Crippen molar-refractivity contribution in [2.75, 3.05) is 25.0 Å². The first-order valence-corrected chi connectivity index (χ1v) is 14.1. The van der Waals surface area contributed by atoms with Crippen molar-refractivity contribution in [3.8, 4) is 0 Å². The number of anilines is 1. The van der Waals surface area contributed by atoms with E-state index in [2.05, 4.69) is 34.6 Å². The van der Waals surface area contributed by atoms with E-state index in [0.717, 1.165) is 10.9 Å². The molecule has 34 heavy (non-hydrogen) atoms. The first kappa shape index (κ1) is 27.0. The first-order valence-electron chi connectivity index (χ1n) is 9.09. The van der Waals surface area contributed by atoms with Crippen LogP contribution in [0.2, 0.25) is 0 Å². The number of phosphoric acid groups is 1. The molecule has 1 aliphatic heterocycles. The zero-order chi connectivity index (χ0) is 25.5. The predicted molar refractivity (Wildman–Crippen MR) is 110 cm³/mol. The molecule has 1 aliphatic rings.